The molecular formula is C37H42ClF2N7O5. The van der Waals surface area contributed by atoms with Crippen LogP contribution in [0.25, 0.3) is 33.1 Å². The van der Waals surface area contributed by atoms with Crippen LogP contribution in [0.15, 0.2) is 18.5 Å². The summed E-state index contributed by atoms with van der Waals surface area (Å²) in [6.07, 6.45) is 9.05. The van der Waals surface area contributed by atoms with Gasteiger partial charge in [0.05, 0.1) is 29.2 Å². The maximum atomic E-state index is 17.4. The van der Waals surface area contributed by atoms with Gasteiger partial charge in [-0.15, -0.1) is 0 Å². The Labute approximate surface area is 304 Å². The van der Waals surface area contributed by atoms with Crippen LogP contribution in [0.5, 0.6) is 6.01 Å². The summed E-state index contributed by atoms with van der Waals surface area (Å²) >= 11 is 7.05. The fourth-order valence-electron chi connectivity index (χ4n) is 8.96. The molecule has 1 aromatic carbocycles. The number of carbonyl (C=O) groups is 1. The molecule has 9 heterocycles. The van der Waals surface area contributed by atoms with Crippen LogP contribution in [0.3, 0.4) is 0 Å². The lowest BCUT2D eigenvalue weighted by molar-refractivity contribution is -0.154. The minimum Gasteiger partial charge on any atom is -0.461 e. The number of carbonyl (C=O) groups excluding carboxylic acids is 1. The number of hydrogen-bond acceptors (Lipinski definition) is 11. The molecule has 6 aliphatic heterocycles. The van der Waals surface area contributed by atoms with Crippen molar-refractivity contribution < 1.29 is 32.5 Å². The molecule has 0 spiro atoms. The van der Waals surface area contributed by atoms with E-state index in [1.54, 1.807) is 12.4 Å². The van der Waals surface area contributed by atoms with Crippen LogP contribution in [-0.4, -0.2) is 106 Å². The second kappa shape index (κ2) is 13.9. The van der Waals surface area contributed by atoms with Gasteiger partial charge in [-0.25, -0.2) is 18.3 Å². The van der Waals surface area contributed by atoms with Crippen LogP contribution in [0.4, 0.5) is 14.6 Å². The normalized spacial score (nSPS) is 27.2. The molecule has 15 heteroatoms. The SMILES string of the molecule is O=C1COCCCc2c(Cl)cc3c(cnn3C3CCCCO3)c2-c2ncc3c(nc(OC[C@@]45CCCN4C[C@H](F)C5)nc3c2F)N2CCC[C@H](C2)O1. The summed E-state index contributed by atoms with van der Waals surface area (Å²) in [5, 5.41) is 6.25. The molecule has 0 radical (unpaired) electrons. The van der Waals surface area contributed by atoms with Gasteiger partial charge in [-0.1, -0.05) is 11.6 Å². The lowest BCUT2D eigenvalue weighted by atomic mass is 9.95. The smallest absolute Gasteiger partial charge is 0.332 e. The van der Waals surface area contributed by atoms with Gasteiger partial charge in [0.25, 0.3) is 0 Å². The molecule has 4 fully saturated rings. The highest BCUT2D eigenvalue weighted by atomic mass is 35.5. The van der Waals surface area contributed by atoms with E-state index in [0.717, 1.165) is 50.6 Å². The highest BCUT2D eigenvalue weighted by Crippen LogP contribution is 2.43. The maximum absolute atomic E-state index is 17.4. The van der Waals surface area contributed by atoms with E-state index in [0.29, 0.717) is 84.7 Å². The minimum absolute atomic E-state index is 0.00579. The number of benzene rings is 1. The zero-order valence-electron chi connectivity index (χ0n) is 29.0. The first-order chi connectivity index (χ1) is 25.4. The second-order valence-electron chi connectivity index (χ2n) is 14.8. The molecule has 0 saturated carbocycles. The van der Waals surface area contributed by atoms with Crippen LogP contribution < -0.4 is 9.64 Å². The lowest BCUT2D eigenvalue weighted by Crippen LogP contribution is -2.43. The van der Waals surface area contributed by atoms with Crippen molar-refractivity contribution in [3.8, 4) is 17.3 Å². The number of piperidine rings is 1. The number of ether oxygens (including phenoxy) is 4. The molecule has 3 aromatic heterocycles. The molecule has 6 aliphatic rings. The third-order valence-corrected chi connectivity index (χ3v) is 11.7. The number of aromatic nitrogens is 5. The lowest BCUT2D eigenvalue weighted by Gasteiger charge is -2.34. The number of esters is 1. The van der Waals surface area contributed by atoms with Gasteiger partial charge in [0.15, 0.2) is 12.0 Å². The van der Waals surface area contributed by atoms with Crippen LogP contribution in [-0.2, 0) is 25.4 Å². The molecule has 1 unspecified atom stereocenters. The number of hydrogen-bond donors (Lipinski definition) is 0. The second-order valence-corrected chi connectivity index (χ2v) is 15.2. The van der Waals surface area contributed by atoms with Crippen molar-refractivity contribution >= 4 is 45.2 Å². The predicted octanol–water partition coefficient (Wildman–Crippen LogP) is 5.96. The molecule has 0 aliphatic carbocycles. The first-order valence-corrected chi connectivity index (χ1v) is 19.0. The van der Waals surface area contributed by atoms with Gasteiger partial charge in [-0.2, -0.15) is 15.1 Å². The average Bonchev–Trinajstić information content (AvgIpc) is 3.83. The van der Waals surface area contributed by atoms with Gasteiger partial charge in [0.1, 0.15) is 42.5 Å². The number of nitrogens with zero attached hydrogens (tertiary/aromatic N) is 7. The Morgan fingerprint density at radius 1 is 1.04 bits per heavy atom. The Balaban J connectivity index is 1.20. The van der Waals surface area contributed by atoms with E-state index in [9.17, 15) is 9.18 Å². The zero-order valence-corrected chi connectivity index (χ0v) is 29.8. The molecule has 0 N–H and O–H groups in total. The Bertz CT molecular complexity index is 2010. The largest absolute Gasteiger partial charge is 0.461 e. The Hall–Kier alpha value is -3.72. The maximum Gasteiger partial charge on any atom is 0.332 e. The molecule has 52 heavy (non-hydrogen) atoms. The molecule has 4 aromatic rings. The highest BCUT2D eigenvalue weighted by molar-refractivity contribution is 6.33. The van der Waals surface area contributed by atoms with E-state index >= 15 is 4.39 Å². The Kier molecular flexibility index (Phi) is 9.12. The molecule has 6 bridgehead atoms. The van der Waals surface area contributed by atoms with Crippen molar-refractivity contribution in [1.29, 1.82) is 0 Å². The van der Waals surface area contributed by atoms with E-state index in [2.05, 4.69) is 4.90 Å². The summed E-state index contributed by atoms with van der Waals surface area (Å²) in [7, 11) is 0. The molecule has 4 atom stereocenters. The van der Waals surface area contributed by atoms with Crippen LogP contribution >= 0.6 is 11.6 Å². The zero-order chi connectivity index (χ0) is 35.4. The topological polar surface area (TPSA) is 117 Å². The summed E-state index contributed by atoms with van der Waals surface area (Å²) < 4.78 is 57.8. The van der Waals surface area contributed by atoms with Crippen molar-refractivity contribution in [2.75, 3.05) is 57.5 Å². The summed E-state index contributed by atoms with van der Waals surface area (Å²) in [6.45, 7) is 3.08. The summed E-state index contributed by atoms with van der Waals surface area (Å²) in [4.78, 5) is 31.3. The van der Waals surface area contributed by atoms with Crippen molar-refractivity contribution in [2.24, 2.45) is 0 Å². The minimum atomic E-state index is -0.921. The van der Waals surface area contributed by atoms with Crippen molar-refractivity contribution in [2.45, 2.75) is 88.3 Å². The molecule has 276 valence electrons. The van der Waals surface area contributed by atoms with Gasteiger partial charge < -0.3 is 23.8 Å². The van der Waals surface area contributed by atoms with Crippen LogP contribution in [0, 0.1) is 5.82 Å². The number of alkyl halides is 1. The molecule has 12 nitrogen and oxygen atoms in total. The highest BCUT2D eigenvalue weighted by Gasteiger charge is 2.49. The molecule has 4 saturated heterocycles. The number of pyridine rings is 1. The van der Waals surface area contributed by atoms with Crippen molar-refractivity contribution in [3.63, 3.8) is 0 Å². The Morgan fingerprint density at radius 2 is 1.96 bits per heavy atom. The van der Waals surface area contributed by atoms with Gasteiger partial charge in [-0.3, -0.25) is 9.88 Å². The summed E-state index contributed by atoms with van der Waals surface area (Å²) in [5.74, 6) is -0.637. The van der Waals surface area contributed by atoms with E-state index < -0.39 is 29.6 Å². The van der Waals surface area contributed by atoms with E-state index in [1.165, 1.54) is 0 Å². The molecular weight excluding hydrogens is 696 g/mol. The first-order valence-electron chi connectivity index (χ1n) is 18.6. The van der Waals surface area contributed by atoms with Crippen LogP contribution in [0.2, 0.25) is 5.02 Å². The summed E-state index contributed by atoms with van der Waals surface area (Å²) in [5.41, 5.74) is 1.63. The van der Waals surface area contributed by atoms with E-state index in [1.807, 2.05) is 15.6 Å². The number of anilines is 1. The number of halogens is 3. The van der Waals surface area contributed by atoms with E-state index in [-0.39, 0.29) is 43.3 Å². The number of rotatable bonds is 4. The fourth-order valence-corrected chi connectivity index (χ4v) is 9.25. The molecule has 0 amide bonds. The van der Waals surface area contributed by atoms with Crippen LogP contribution in [0.1, 0.15) is 69.6 Å². The van der Waals surface area contributed by atoms with E-state index in [4.69, 9.17) is 50.6 Å². The van der Waals surface area contributed by atoms with Crippen molar-refractivity contribution in [1.82, 2.24) is 29.6 Å². The van der Waals surface area contributed by atoms with Crippen molar-refractivity contribution in [3.05, 3.63) is 34.9 Å². The number of fused-ring (bicyclic) bond motifs is 9. The third kappa shape index (κ3) is 6.14. The average molecular weight is 738 g/mol. The van der Waals surface area contributed by atoms with Gasteiger partial charge >= 0.3 is 12.0 Å². The quantitative estimate of drug-likeness (QED) is 0.231. The Morgan fingerprint density at radius 3 is 2.85 bits per heavy atom. The van der Waals surface area contributed by atoms with Gasteiger partial charge in [0.2, 0.25) is 0 Å². The monoisotopic (exact) mass is 737 g/mol. The van der Waals surface area contributed by atoms with Gasteiger partial charge in [-0.05, 0) is 76.0 Å². The summed E-state index contributed by atoms with van der Waals surface area (Å²) in [6, 6.07) is 1.86. The van der Waals surface area contributed by atoms with Gasteiger partial charge in [0, 0.05) is 54.9 Å². The first kappa shape index (κ1) is 34.1. The third-order valence-electron chi connectivity index (χ3n) is 11.4. The molecule has 10 rings (SSSR count). The standard InChI is InChI=1S/C37H42ClF2N7O5/c38-27-14-28-25(17-42-47(28)29-8-1-2-13-50-29)31-24(27)7-4-12-49-20-30(48)52-23-6-3-10-45(19-23)35-26-16-41-34(31)32(40)33(26)43-36(44-35)51-21-37-9-5-11-46(37)18-22(39)15-37/h14,16-17,22-23,29H,1-13,15,18-21H2/t22-,23-,29?,37+/m1/s1. The predicted molar refractivity (Wildman–Crippen MR) is 189 cm³/mol. The fraction of sp³-hybridized carbons (Fsp3) is 0.595.